The molecule has 104 valence electrons. The molecule has 1 aliphatic heterocycles. The fourth-order valence-electron chi connectivity index (χ4n) is 2.74. The molecule has 3 nitrogen and oxygen atoms in total. The first kappa shape index (κ1) is 14.1. The monoisotopic (exact) mass is 261 g/mol. The molecular weight excluding hydrogens is 238 g/mol. The summed E-state index contributed by atoms with van der Waals surface area (Å²) in [4.78, 5) is 12.4. The molecular formula is C16H23NO2. The average molecular weight is 261 g/mol. The number of carbonyl (C=O) groups excluding carboxylic acids is 1. The summed E-state index contributed by atoms with van der Waals surface area (Å²) in [6, 6.07) is 5.85. The minimum atomic E-state index is 0.162. The third kappa shape index (κ3) is 3.35. The van der Waals surface area contributed by atoms with Crippen LogP contribution in [0, 0.1) is 11.8 Å². The maximum atomic E-state index is 12.4. The van der Waals surface area contributed by atoms with Gasteiger partial charge in [-0.15, -0.1) is 0 Å². The van der Waals surface area contributed by atoms with E-state index in [1.807, 2.05) is 18.2 Å². The first-order valence-electron chi connectivity index (χ1n) is 7.09. The summed E-state index contributed by atoms with van der Waals surface area (Å²) in [7, 11) is 0. The van der Waals surface area contributed by atoms with Crippen molar-refractivity contribution in [1.82, 2.24) is 0 Å². The molecule has 1 aromatic rings. The number of Topliss-reactive ketones (excluding diaryl/α,β-unsaturated/α-hetero) is 1. The van der Waals surface area contributed by atoms with Gasteiger partial charge in [-0.05, 0) is 36.4 Å². The van der Waals surface area contributed by atoms with Gasteiger partial charge >= 0.3 is 0 Å². The molecule has 1 aromatic carbocycles. The van der Waals surface area contributed by atoms with Crippen molar-refractivity contribution in [2.45, 2.75) is 33.1 Å². The van der Waals surface area contributed by atoms with Crippen LogP contribution in [0.15, 0.2) is 18.2 Å². The Morgan fingerprint density at radius 2 is 2.21 bits per heavy atom. The Balaban J connectivity index is 2.10. The minimum absolute atomic E-state index is 0.162. The third-order valence-electron chi connectivity index (χ3n) is 3.63. The zero-order valence-corrected chi connectivity index (χ0v) is 11.8. The summed E-state index contributed by atoms with van der Waals surface area (Å²) in [6.45, 7) is 5.58. The van der Waals surface area contributed by atoms with Crippen LogP contribution in [0.4, 0.5) is 0 Å². The van der Waals surface area contributed by atoms with E-state index in [0.717, 1.165) is 29.7 Å². The van der Waals surface area contributed by atoms with Crippen LogP contribution in [0.25, 0.3) is 0 Å². The molecule has 0 saturated carbocycles. The van der Waals surface area contributed by atoms with Gasteiger partial charge < -0.3 is 10.5 Å². The fourth-order valence-corrected chi connectivity index (χ4v) is 2.74. The molecule has 1 atom stereocenters. The van der Waals surface area contributed by atoms with Crippen LogP contribution in [-0.2, 0) is 6.42 Å². The van der Waals surface area contributed by atoms with Crippen molar-refractivity contribution in [3.05, 3.63) is 29.3 Å². The van der Waals surface area contributed by atoms with Crippen LogP contribution in [0.2, 0.25) is 0 Å². The highest BCUT2D eigenvalue weighted by molar-refractivity contribution is 5.99. The Labute approximate surface area is 115 Å². The van der Waals surface area contributed by atoms with Crippen molar-refractivity contribution in [3.63, 3.8) is 0 Å². The molecule has 3 heteroatoms. The van der Waals surface area contributed by atoms with E-state index < -0.39 is 0 Å². The number of benzene rings is 1. The molecule has 1 aliphatic rings. The van der Waals surface area contributed by atoms with E-state index in [4.69, 9.17) is 10.5 Å². The Morgan fingerprint density at radius 1 is 1.42 bits per heavy atom. The predicted molar refractivity (Wildman–Crippen MR) is 76.6 cm³/mol. The van der Waals surface area contributed by atoms with E-state index in [1.165, 1.54) is 0 Å². The minimum Gasteiger partial charge on any atom is -0.492 e. The number of carbonyl (C=O) groups is 1. The molecule has 0 aromatic heterocycles. The Kier molecular flexibility index (Phi) is 4.59. The first-order valence-corrected chi connectivity index (χ1v) is 7.09. The van der Waals surface area contributed by atoms with E-state index >= 15 is 0 Å². The number of ether oxygens (including phenoxy) is 1. The molecule has 0 amide bonds. The molecule has 2 N–H and O–H groups in total. The number of ketones is 1. The largest absolute Gasteiger partial charge is 0.492 e. The number of fused-ring (bicyclic) bond motifs is 1. The third-order valence-corrected chi connectivity index (χ3v) is 3.63. The number of para-hydroxylation sites is 1. The molecule has 0 radical (unpaired) electrons. The molecule has 0 saturated heterocycles. The quantitative estimate of drug-likeness (QED) is 0.801. The van der Waals surface area contributed by atoms with Crippen LogP contribution in [-0.4, -0.2) is 18.9 Å². The molecule has 2 rings (SSSR count). The lowest BCUT2D eigenvalue weighted by Gasteiger charge is -2.16. The van der Waals surface area contributed by atoms with Crippen LogP contribution < -0.4 is 10.5 Å². The smallest absolute Gasteiger partial charge is 0.166 e. The average Bonchev–Trinajstić information content (AvgIpc) is 2.85. The summed E-state index contributed by atoms with van der Waals surface area (Å²) in [6.07, 6.45) is 2.43. The summed E-state index contributed by atoms with van der Waals surface area (Å²) in [5, 5.41) is 0. The van der Waals surface area contributed by atoms with Gasteiger partial charge in [0, 0.05) is 12.8 Å². The maximum Gasteiger partial charge on any atom is 0.166 e. The van der Waals surface area contributed by atoms with Gasteiger partial charge in [-0.1, -0.05) is 26.0 Å². The lowest BCUT2D eigenvalue weighted by Crippen LogP contribution is -2.20. The standard InChI is InChI=1S/C16H23NO2/c1-11(2)8-12(10-17)9-15(18)14-5-3-4-13-6-7-19-16(13)14/h3-5,11-12H,6-10,17H2,1-2H3. The molecule has 19 heavy (non-hydrogen) atoms. The lowest BCUT2D eigenvalue weighted by atomic mass is 9.90. The Hall–Kier alpha value is -1.35. The molecule has 0 fully saturated rings. The summed E-state index contributed by atoms with van der Waals surface area (Å²) in [5.74, 6) is 1.80. The maximum absolute atomic E-state index is 12.4. The zero-order valence-electron chi connectivity index (χ0n) is 11.8. The van der Waals surface area contributed by atoms with E-state index in [9.17, 15) is 4.79 Å². The van der Waals surface area contributed by atoms with Gasteiger partial charge in [0.05, 0.1) is 12.2 Å². The summed E-state index contributed by atoms with van der Waals surface area (Å²) in [5.41, 5.74) is 7.66. The second kappa shape index (κ2) is 6.20. The molecule has 1 heterocycles. The van der Waals surface area contributed by atoms with Crippen molar-refractivity contribution in [2.24, 2.45) is 17.6 Å². The second-order valence-corrected chi connectivity index (χ2v) is 5.75. The molecule has 0 spiro atoms. The predicted octanol–water partition coefficient (Wildman–Crippen LogP) is 2.82. The van der Waals surface area contributed by atoms with Gasteiger partial charge in [0.25, 0.3) is 0 Å². The first-order chi connectivity index (χ1) is 9.11. The number of rotatable bonds is 6. The van der Waals surface area contributed by atoms with Crippen LogP contribution in [0.5, 0.6) is 5.75 Å². The summed E-state index contributed by atoms with van der Waals surface area (Å²) < 4.78 is 5.59. The van der Waals surface area contributed by atoms with E-state index in [-0.39, 0.29) is 11.7 Å². The van der Waals surface area contributed by atoms with Crippen molar-refractivity contribution >= 4 is 5.78 Å². The van der Waals surface area contributed by atoms with Gasteiger partial charge in [0.2, 0.25) is 0 Å². The second-order valence-electron chi connectivity index (χ2n) is 5.75. The van der Waals surface area contributed by atoms with E-state index in [1.54, 1.807) is 0 Å². The van der Waals surface area contributed by atoms with Crippen molar-refractivity contribution in [3.8, 4) is 5.75 Å². The highest BCUT2D eigenvalue weighted by Crippen LogP contribution is 2.31. The molecule has 0 aliphatic carbocycles. The van der Waals surface area contributed by atoms with Crippen molar-refractivity contribution in [1.29, 1.82) is 0 Å². The Bertz CT molecular complexity index is 454. The van der Waals surface area contributed by atoms with Gasteiger partial charge in [-0.3, -0.25) is 4.79 Å². The SMILES string of the molecule is CC(C)CC(CN)CC(=O)c1cccc2c1OCC2. The summed E-state index contributed by atoms with van der Waals surface area (Å²) >= 11 is 0. The fraction of sp³-hybridized carbons (Fsp3) is 0.562. The van der Waals surface area contributed by atoms with Gasteiger partial charge in [0.1, 0.15) is 5.75 Å². The molecule has 1 unspecified atom stereocenters. The van der Waals surface area contributed by atoms with Crippen LogP contribution >= 0.6 is 0 Å². The zero-order chi connectivity index (χ0) is 13.8. The van der Waals surface area contributed by atoms with Gasteiger partial charge in [-0.25, -0.2) is 0 Å². The van der Waals surface area contributed by atoms with Gasteiger partial charge in [0.15, 0.2) is 5.78 Å². The van der Waals surface area contributed by atoms with Gasteiger partial charge in [-0.2, -0.15) is 0 Å². The number of hydrogen-bond acceptors (Lipinski definition) is 3. The van der Waals surface area contributed by atoms with Crippen LogP contribution in [0.3, 0.4) is 0 Å². The van der Waals surface area contributed by atoms with Crippen LogP contribution in [0.1, 0.15) is 42.6 Å². The molecule has 0 bridgehead atoms. The van der Waals surface area contributed by atoms with E-state index in [2.05, 4.69) is 13.8 Å². The highest BCUT2D eigenvalue weighted by atomic mass is 16.5. The normalized spacial score (nSPS) is 15.2. The van der Waals surface area contributed by atoms with Crippen molar-refractivity contribution < 1.29 is 9.53 Å². The number of nitrogens with two attached hydrogens (primary N) is 1. The topological polar surface area (TPSA) is 52.3 Å². The van der Waals surface area contributed by atoms with Crippen molar-refractivity contribution in [2.75, 3.05) is 13.2 Å². The Morgan fingerprint density at radius 3 is 2.89 bits per heavy atom. The van der Waals surface area contributed by atoms with E-state index in [0.29, 0.717) is 25.5 Å². The lowest BCUT2D eigenvalue weighted by molar-refractivity contribution is 0.0954. The highest BCUT2D eigenvalue weighted by Gasteiger charge is 2.22. The number of hydrogen-bond donors (Lipinski definition) is 1.